The molecule has 3 heterocycles. The normalized spacial score (nSPS) is 30.9. The van der Waals surface area contributed by atoms with Gasteiger partial charge in [0.05, 0.1) is 0 Å². The zero-order valence-electron chi connectivity index (χ0n) is 12.9. The lowest BCUT2D eigenvalue weighted by Gasteiger charge is -2.25. The SMILES string of the molecule is O=C(NC1CC1)c1nnc2n1CC1CN(CC3CC3)CC1C2. The summed E-state index contributed by atoms with van der Waals surface area (Å²) >= 11 is 0. The number of carbonyl (C=O) groups excluding carboxylic acids is 1. The third-order valence-corrected chi connectivity index (χ3v) is 5.67. The second-order valence-corrected chi connectivity index (χ2v) is 7.68. The molecule has 0 radical (unpaired) electrons. The van der Waals surface area contributed by atoms with Crippen molar-refractivity contribution in [3.63, 3.8) is 0 Å². The van der Waals surface area contributed by atoms with E-state index in [9.17, 15) is 4.79 Å². The standard InChI is InChI=1S/C16H23N5O/c22-16(17-13-3-4-13)15-19-18-14-5-11-7-20(6-10-1-2-10)8-12(11)9-21(14)15/h10-13H,1-9H2,(H,17,22). The molecule has 1 aromatic rings. The minimum atomic E-state index is -0.0347. The van der Waals surface area contributed by atoms with Gasteiger partial charge in [0.1, 0.15) is 5.82 Å². The Morgan fingerprint density at radius 2 is 1.91 bits per heavy atom. The van der Waals surface area contributed by atoms with Gasteiger partial charge in [0.25, 0.3) is 5.91 Å². The molecule has 0 spiro atoms. The number of carbonyl (C=O) groups is 1. The molecular formula is C16H23N5O. The third-order valence-electron chi connectivity index (χ3n) is 5.67. The molecule has 6 heteroatoms. The summed E-state index contributed by atoms with van der Waals surface area (Å²) in [5.41, 5.74) is 0. The maximum Gasteiger partial charge on any atom is 0.289 e. The fourth-order valence-electron chi connectivity index (χ4n) is 4.08. The molecule has 3 fully saturated rings. The third kappa shape index (κ3) is 2.33. The lowest BCUT2D eigenvalue weighted by Crippen LogP contribution is -2.33. The molecular weight excluding hydrogens is 278 g/mol. The van der Waals surface area contributed by atoms with Crippen LogP contribution in [0.5, 0.6) is 0 Å². The van der Waals surface area contributed by atoms with E-state index in [1.54, 1.807) is 0 Å². The van der Waals surface area contributed by atoms with Crippen LogP contribution in [0, 0.1) is 17.8 Å². The fourth-order valence-corrected chi connectivity index (χ4v) is 4.08. The quantitative estimate of drug-likeness (QED) is 0.888. The Balaban J connectivity index is 1.31. The first-order valence-electron chi connectivity index (χ1n) is 8.71. The number of amides is 1. The van der Waals surface area contributed by atoms with Crippen LogP contribution in [-0.4, -0.2) is 51.2 Å². The summed E-state index contributed by atoms with van der Waals surface area (Å²) in [5, 5.41) is 11.5. The van der Waals surface area contributed by atoms with Gasteiger partial charge < -0.3 is 14.8 Å². The predicted octanol–water partition coefficient (Wildman–Crippen LogP) is 0.684. The molecule has 118 valence electrons. The average molecular weight is 301 g/mol. The van der Waals surface area contributed by atoms with Crippen LogP contribution in [0.2, 0.25) is 0 Å². The van der Waals surface area contributed by atoms with Crippen molar-refractivity contribution in [1.82, 2.24) is 25.0 Å². The van der Waals surface area contributed by atoms with E-state index >= 15 is 0 Å². The second kappa shape index (κ2) is 4.78. The zero-order valence-corrected chi connectivity index (χ0v) is 12.9. The summed E-state index contributed by atoms with van der Waals surface area (Å²) in [6, 6.07) is 0.373. The van der Waals surface area contributed by atoms with Gasteiger partial charge in [-0.1, -0.05) is 0 Å². The average Bonchev–Trinajstić information content (AvgIpc) is 3.39. The van der Waals surface area contributed by atoms with E-state index in [4.69, 9.17) is 0 Å². The molecule has 2 aliphatic heterocycles. The second-order valence-electron chi connectivity index (χ2n) is 7.68. The molecule has 2 unspecified atom stereocenters. The van der Waals surface area contributed by atoms with E-state index in [1.165, 1.54) is 32.5 Å². The highest BCUT2D eigenvalue weighted by molar-refractivity contribution is 5.91. The van der Waals surface area contributed by atoms with E-state index in [-0.39, 0.29) is 5.91 Å². The summed E-state index contributed by atoms with van der Waals surface area (Å²) < 4.78 is 2.08. The highest BCUT2D eigenvalue weighted by Crippen LogP contribution is 2.36. The van der Waals surface area contributed by atoms with Crippen molar-refractivity contribution < 1.29 is 4.79 Å². The van der Waals surface area contributed by atoms with Crippen LogP contribution in [0.15, 0.2) is 0 Å². The minimum Gasteiger partial charge on any atom is -0.347 e. The van der Waals surface area contributed by atoms with Gasteiger partial charge in [0.2, 0.25) is 5.82 Å². The van der Waals surface area contributed by atoms with Crippen molar-refractivity contribution in [2.75, 3.05) is 19.6 Å². The van der Waals surface area contributed by atoms with E-state index in [2.05, 4.69) is 25.0 Å². The number of rotatable bonds is 4. The number of nitrogens with zero attached hydrogens (tertiary/aromatic N) is 4. The Morgan fingerprint density at radius 1 is 1.09 bits per heavy atom. The number of hydrogen-bond donors (Lipinski definition) is 1. The minimum absolute atomic E-state index is 0.0347. The Morgan fingerprint density at radius 3 is 2.68 bits per heavy atom. The van der Waals surface area contributed by atoms with Crippen LogP contribution >= 0.6 is 0 Å². The monoisotopic (exact) mass is 301 g/mol. The Hall–Kier alpha value is -1.43. The molecule has 0 bridgehead atoms. The van der Waals surface area contributed by atoms with Gasteiger partial charge in [-0.15, -0.1) is 10.2 Å². The lowest BCUT2D eigenvalue weighted by atomic mass is 9.89. The Bertz CT molecular complexity index is 604. The van der Waals surface area contributed by atoms with Crippen molar-refractivity contribution >= 4 is 5.91 Å². The molecule has 6 nitrogen and oxygen atoms in total. The maximum atomic E-state index is 12.3. The molecule has 1 saturated heterocycles. The molecule has 1 aromatic heterocycles. The molecule has 5 rings (SSSR count). The van der Waals surface area contributed by atoms with E-state index in [0.29, 0.717) is 23.7 Å². The van der Waals surface area contributed by atoms with E-state index in [1.807, 2.05) is 0 Å². The molecule has 2 aliphatic carbocycles. The highest BCUT2D eigenvalue weighted by Gasteiger charge is 2.40. The van der Waals surface area contributed by atoms with Crippen molar-refractivity contribution in [3.05, 3.63) is 11.6 Å². The number of aromatic nitrogens is 3. The van der Waals surface area contributed by atoms with E-state index < -0.39 is 0 Å². The van der Waals surface area contributed by atoms with Gasteiger partial charge in [-0.05, 0) is 43.4 Å². The van der Waals surface area contributed by atoms with Crippen LogP contribution in [0.4, 0.5) is 0 Å². The Kier molecular flexibility index (Phi) is 2.84. The van der Waals surface area contributed by atoms with Gasteiger partial charge >= 0.3 is 0 Å². The summed E-state index contributed by atoms with van der Waals surface area (Å²) in [6.45, 7) is 4.59. The first kappa shape index (κ1) is 13.0. The lowest BCUT2D eigenvalue weighted by molar-refractivity contribution is 0.0932. The van der Waals surface area contributed by atoms with Crippen molar-refractivity contribution in [2.24, 2.45) is 17.8 Å². The Labute approximate surface area is 130 Å². The first-order chi connectivity index (χ1) is 10.8. The van der Waals surface area contributed by atoms with Crippen molar-refractivity contribution in [2.45, 2.75) is 44.7 Å². The van der Waals surface area contributed by atoms with Gasteiger partial charge in [-0.3, -0.25) is 4.79 Å². The van der Waals surface area contributed by atoms with Crippen molar-refractivity contribution in [1.29, 1.82) is 0 Å². The number of fused-ring (bicyclic) bond motifs is 2. The van der Waals surface area contributed by atoms with Crippen LogP contribution in [0.1, 0.15) is 42.1 Å². The summed E-state index contributed by atoms with van der Waals surface area (Å²) in [5.74, 6) is 3.83. The molecule has 22 heavy (non-hydrogen) atoms. The topological polar surface area (TPSA) is 63.1 Å². The fraction of sp³-hybridized carbons (Fsp3) is 0.812. The van der Waals surface area contributed by atoms with Gasteiger partial charge in [0.15, 0.2) is 0 Å². The van der Waals surface area contributed by atoms with Gasteiger partial charge in [-0.25, -0.2) is 0 Å². The first-order valence-corrected chi connectivity index (χ1v) is 8.71. The van der Waals surface area contributed by atoms with Gasteiger partial charge in [-0.2, -0.15) is 0 Å². The molecule has 1 amide bonds. The number of likely N-dealkylation sites (tertiary alicyclic amines) is 1. The molecule has 0 aromatic carbocycles. The van der Waals surface area contributed by atoms with E-state index in [0.717, 1.165) is 37.5 Å². The summed E-state index contributed by atoms with van der Waals surface area (Å²) in [6.07, 6.45) is 6.03. The zero-order chi connectivity index (χ0) is 14.7. The smallest absolute Gasteiger partial charge is 0.289 e. The van der Waals surface area contributed by atoms with Crippen molar-refractivity contribution in [3.8, 4) is 0 Å². The summed E-state index contributed by atoms with van der Waals surface area (Å²) in [7, 11) is 0. The van der Waals surface area contributed by atoms with Crippen LogP contribution in [0.3, 0.4) is 0 Å². The molecule has 2 saturated carbocycles. The predicted molar refractivity (Wildman–Crippen MR) is 80.4 cm³/mol. The van der Waals surface area contributed by atoms with Crippen LogP contribution in [-0.2, 0) is 13.0 Å². The van der Waals surface area contributed by atoms with Crippen LogP contribution in [0.25, 0.3) is 0 Å². The highest BCUT2D eigenvalue weighted by atomic mass is 16.2. The summed E-state index contributed by atoms with van der Waals surface area (Å²) in [4.78, 5) is 14.9. The van der Waals surface area contributed by atoms with Crippen LogP contribution < -0.4 is 5.32 Å². The molecule has 1 N–H and O–H groups in total. The molecule has 2 atom stereocenters. The maximum absolute atomic E-state index is 12.3. The number of nitrogens with one attached hydrogen (secondary N) is 1. The van der Waals surface area contributed by atoms with Gasteiger partial charge in [0, 0.05) is 38.6 Å². The number of hydrogen-bond acceptors (Lipinski definition) is 4. The molecule has 4 aliphatic rings. The largest absolute Gasteiger partial charge is 0.347 e.